The Kier molecular flexibility index (Phi) is 5.67. The van der Waals surface area contributed by atoms with E-state index in [4.69, 9.17) is 4.74 Å². The standard InChI is InChI=1S/C11H18N2O4S/c1-4-17-11(16)9-6(2)13-10(18-9)8(15)7(14)5-12-3/h7-8,12,14-15H,4-5H2,1-3H3. The van der Waals surface area contributed by atoms with Crippen molar-refractivity contribution in [3.05, 3.63) is 15.6 Å². The van der Waals surface area contributed by atoms with Crippen molar-refractivity contribution in [2.45, 2.75) is 26.1 Å². The van der Waals surface area contributed by atoms with Gasteiger partial charge >= 0.3 is 5.97 Å². The average Bonchev–Trinajstić information content (AvgIpc) is 2.71. The van der Waals surface area contributed by atoms with Gasteiger partial charge in [0, 0.05) is 6.54 Å². The summed E-state index contributed by atoms with van der Waals surface area (Å²) in [5.41, 5.74) is 0.504. The molecule has 0 aliphatic rings. The molecule has 7 heteroatoms. The number of ether oxygens (including phenoxy) is 1. The van der Waals surface area contributed by atoms with Crippen LogP contribution in [0.5, 0.6) is 0 Å². The molecule has 0 aromatic carbocycles. The number of nitrogens with zero attached hydrogens (tertiary/aromatic N) is 1. The minimum Gasteiger partial charge on any atom is -0.462 e. The molecule has 0 amide bonds. The first-order chi connectivity index (χ1) is 8.51. The molecule has 0 saturated heterocycles. The highest BCUT2D eigenvalue weighted by Crippen LogP contribution is 2.26. The zero-order chi connectivity index (χ0) is 13.7. The van der Waals surface area contributed by atoms with Crippen LogP contribution in [0.1, 0.15) is 33.4 Å². The Morgan fingerprint density at radius 1 is 1.56 bits per heavy atom. The van der Waals surface area contributed by atoms with Crippen LogP contribution in [0.15, 0.2) is 0 Å². The summed E-state index contributed by atoms with van der Waals surface area (Å²) in [6.07, 6.45) is -2.07. The molecule has 3 N–H and O–H groups in total. The first kappa shape index (κ1) is 15.0. The Hall–Kier alpha value is -1.02. The van der Waals surface area contributed by atoms with E-state index in [-0.39, 0.29) is 13.2 Å². The number of carbonyl (C=O) groups excluding carboxylic acids is 1. The number of thiazole rings is 1. The van der Waals surface area contributed by atoms with Gasteiger partial charge in [-0.25, -0.2) is 9.78 Å². The van der Waals surface area contributed by atoms with Gasteiger partial charge in [-0.2, -0.15) is 0 Å². The molecule has 0 aliphatic carbocycles. The molecule has 18 heavy (non-hydrogen) atoms. The number of carbonyl (C=O) groups is 1. The summed E-state index contributed by atoms with van der Waals surface area (Å²) in [5, 5.41) is 22.6. The molecular weight excluding hydrogens is 256 g/mol. The van der Waals surface area contributed by atoms with Crippen LogP contribution in [-0.4, -0.2) is 47.5 Å². The summed E-state index contributed by atoms with van der Waals surface area (Å²) in [6.45, 7) is 3.93. The minimum atomic E-state index is -1.11. The van der Waals surface area contributed by atoms with Crippen molar-refractivity contribution < 1.29 is 19.7 Å². The smallest absolute Gasteiger partial charge is 0.350 e. The van der Waals surface area contributed by atoms with E-state index >= 15 is 0 Å². The third kappa shape index (κ3) is 3.49. The summed E-state index contributed by atoms with van der Waals surface area (Å²) in [7, 11) is 1.67. The molecular formula is C11H18N2O4S. The highest BCUT2D eigenvalue weighted by Gasteiger charge is 2.24. The number of aliphatic hydroxyl groups excluding tert-OH is 2. The number of aromatic nitrogens is 1. The van der Waals surface area contributed by atoms with E-state index in [0.29, 0.717) is 15.6 Å². The lowest BCUT2D eigenvalue weighted by atomic mass is 10.2. The molecule has 0 aliphatic heterocycles. The lowest BCUT2D eigenvalue weighted by Crippen LogP contribution is -2.29. The van der Waals surface area contributed by atoms with Crippen molar-refractivity contribution in [3.8, 4) is 0 Å². The van der Waals surface area contributed by atoms with Gasteiger partial charge < -0.3 is 20.3 Å². The fraction of sp³-hybridized carbons (Fsp3) is 0.636. The van der Waals surface area contributed by atoms with Crippen LogP contribution in [0.2, 0.25) is 0 Å². The summed E-state index contributed by atoms with van der Waals surface area (Å²) in [4.78, 5) is 16.0. The van der Waals surface area contributed by atoms with Gasteiger partial charge in [-0.1, -0.05) is 0 Å². The van der Waals surface area contributed by atoms with Crippen LogP contribution in [0, 0.1) is 6.92 Å². The second-order valence-corrected chi connectivity index (χ2v) is 4.79. The predicted molar refractivity (Wildman–Crippen MR) is 67.7 cm³/mol. The van der Waals surface area contributed by atoms with E-state index in [0.717, 1.165) is 11.3 Å². The quantitative estimate of drug-likeness (QED) is 0.644. The van der Waals surface area contributed by atoms with Gasteiger partial charge in [-0.15, -0.1) is 11.3 Å². The van der Waals surface area contributed by atoms with E-state index in [9.17, 15) is 15.0 Å². The number of aryl methyl sites for hydroxylation is 1. The van der Waals surface area contributed by atoms with E-state index < -0.39 is 18.2 Å². The Labute approximate surface area is 110 Å². The Morgan fingerprint density at radius 3 is 2.78 bits per heavy atom. The van der Waals surface area contributed by atoms with Crippen molar-refractivity contribution in [3.63, 3.8) is 0 Å². The summed E-state index contributed by atoms with van der Waals surface area (Å²) < 4.78 is 4.88. The minimum absolute atomic E-state index is 0.245. The van der Waals surface area contributed by atoms with Crippen molar-refractivity contribution in [1.29, 1.82) is 0 Å². The van der Waals surface area contributed by atoms with Crippen molar-refractivity contribution in [2.24, 2.45) is 0 Å². The molecule has 102 valence electrons. The molecule has 6 nitrogen and oxygen atoms in total. The molecule has 0 spiro atoms. The molecule has 1 aromatic heterocycles. The third-order valence-electron chi connectivity index (χ3n) is 2.30. The van der Waals surface area contributed by atoms with Gasteiger partial charge in [-0.05, 0) is 20.9 Å². The summed E-state index contributed by atoms with van der Waals surface area (Å²) >= 11 is 1.05. The van der Waals surface area contributed by atoms with Gasteiger partial charge in [0.15, 0.2) is 0 Å². The molecule has 0 radical (unpaired) electrons. The molecule has 2 unspecified atom stereocenters. The molecule has 0 bridgehead atoms. The van der Waals surface area contributed by atoms with Gasteiger partial charge in [0.2, 0.25) is 0 Å². The second-order valence-electron chi connectivity index (χ2n) is 3.76. The van der Waals surface area contributed by atoms with E-state index in [1.54, 1.807) is 20.9 Å². The Morgan fingerprint density at radius 2 is 2.22 bits per heavy atom. The first-order valence-corrected chi connectivity index (χ1v) is 6.48. The molecule has 0 saturated carbocycles. The fourth-order valence-corrected chi connectivity index (χ4v) is 2.42. The topological polar surface area (TPSA) is 91.7 Å². The van der Waals surface area contributed by atoms with E-state index in [2.05, 4.69) is 10.3 Å². The molecule has 1 rings (SSSR count). The maximum atomic E-state index is 11.6. The zero-order valence-electron chi connectivity index (χ0n) is 10.6. The van der Waals surface area contributed by atoms with Gasteiger partial charge in [0.1, 0.15) is 16.0 Å². The fourth-order valence-electron chi connectivity index (χ4n) is 1.42. The highest BCUT2D eigenvalue weighted by molar-refractivity contribution is 7.13. The number of nitrogens with one attached hydrogen (secondary N) is 1. The van der Waals surface area contributed by atoms with E-state index in [1.165, 1.54) is 0 Å². The Balaban J connectivity index is 2.86. The summed E-state index contributed by atoms with van der Waals surface area (Å²) in [5.74, 6) is -0.450. The van der Waals surface area contributed by atoms with Crippen LogP contribution in [0.3, 0.4) is 0 Å². The molecule has 0 fully saturated rings. The number of likely N-dealkylation sites (N-methyl/N-ethyl adjacent to an activating group) is 1. The van der Waals surface area contributed by atoms with Crippen molar-refractivity contribution >= 4 is 17.3 Å². The number of hydrogen-bond donors (Lipinski definition) is 3. The highest BCUT2D eigenvalue weighted by atomic mass is 32.1. The second kappa shape index (κ2) is 6.79. The largest absolute Gasteiger partial charge is 0.462 e. The lowest BCUT2D eigenvalue weighted by Gasteiger charge is -2.14. The molecule has 2 atom stereocenters. The number of aliphatic hydroxyl groups is 2. The zero-order valence-corrected chi connectivity index (χ0v) is 11.5. The van der Waals surface area contributed by atoms with Gasteiger partial charge in [0.05, 0.1) is 18.4 Å². The average molecular weight is 274 g/mol. The van der Waals surface area contributed by atoms with Crippen LogP contribution in [-0.2, 0) is 4.74 Å². The van der Waals surface area contributed by atoms with Crippen molar-refractivity contribution in [1.82, 2.24) is 10.3 Å². The van der Waals surface area contributed by atoms with Gasteiger partial charge in [-0.3, -0.25) is 0 Å². The van der Waals surface area contributed by atoms with Gasteiger partial charge in [0.25, 0.3) is 0 Å². The SMILES string of the molecule is CCOC(=O)c1sc(C(O)C(O)CNC)nc1C. The van der Waals surface area contributed by atoms with Crippen LogP contribution in [0.25, 0.3) is 0 Å². The maximum absolute atomic E-state index is 11.6. The first-order valence-electron chi connectivity index (χ1n) is 5.66. The number of esters is 1. The summed E-state index contributed by atoms with van der Waals surface area (Å²) in [6, 6.07) is 0. The molecule has 1 heterocycles. The van der Waals surface area contributed by atoms with Crippen LogP contribution in [0.4, 0.5) is 0 Å². The predicted octanol–water partition coefficient (Wildman–Crippen LogP) is 0.242. The number of rotatable bonds is 6. The van der Waals surface area contributed by atoms with Crippen LogP contribution < -0.4 is 5.32 Å². The molecule has 1 aromatic rings. The Bertz CT molecular complexity index is 408. The normalized spacial score (nSPS) is 14.3. The van der Waals surface area contributed by atoms with Crippen molar-refractivity contribution in [2.75, 3.05) is 20.2 Å². The van der Waals surface area contributed by atoms with Crippen LogP contribution >= 0.6 is 11.3 Å². The maximum Gasteiger partial charge on any atom is 0.350 e. The monoisotopic (exact) mass is 274 g/mol. The third-order valence-corrected chi connectivity index (χ3v) is 3.51. The number of hydrogen-bond acceptors (Lipinski definition) is 7. The lowest BCUT2D eigenvalue weighted by molar-refractivity contribution is 0.0200. The van der Waals surface area contributed by atoms with E-state index in [1.807, 2.05) is 0 Å².